The first-order valence-electron chi connectivity index (χ1n) is 7.83. The van der Waals surface area contributed by atoms with Gasteiger partial charge in [0.2, 0.25) is 0 Å². The highest BCUT2D eigenvalue weighted by Gasteiger charge is 2.12. The maximum atomic E-state index is 12.2. The van der Waals surface area contributed by atoms with E-state index in [1.54, 1.807) is 25.3 Å². The van der Waals surface area contributed by atoms with Gasteiger partial charge in [-0.05, 0) is 48.9 Å². The number of hydrogen-bond donors (Lipinski definition) is 1. The van der Waals surface area contributed by atoms with Crippen LogP contribution in [0.3, 0.4) is 0 Å². The van der Waals surface area contributed by atoms with Gasteiger partial charge in [0.05, 0.1) is 19.9 Å². The molecule has 0 aliphatic carbocycles. The zero-order chi connectivity index (χ0) is 17.6. The smallest absolute Gasteiger partial charge is 0.307 e. The van der Waals surface area contributed by atoms with Crippen molar-refractivity contribution in [3.8, 4) is 11.5 Å². The molecule has 3 rings (SSSR count). The molecular weight excluding hydrogens is 320 g/mol. The van der Waals surface area contributed by atoms with Crippen molar-refractivity contribution in [3.63, 3.8) is 0 Å². The molecule has 2 aromatic carbocycles. The number of carbonyl (C=O) groups excluding carboxylic acids is 1. The third-order valence-electron chi connectivity index (χ3n) is 3.50. The van der Waals surface area contributed by atoms with Crippen molar-refractivity contribution in [2.75, 3.05) is 13.7 Å². The van der Waals surface area contributed by atoms with E-state index >= 15 is 0 Å². The van der Waals surface area contributed by atoms with Crippen molar-refractivity contribution in [2.45, 2.75) is 6.92 Å². The molecule has 1 N–H and O–H groups in total. The molecule has 0 radical (unpaired) electrons. The summed E-state index contributed by atoms with van der Waals surface area (Å²) >= 11 is 0. The van der Waals surface area contributed by atoms with Crippen LogP contribution >= 0.6 is 0 Å². The largest absolute Gasteiger partial charge is 0.497 e. The average molecular weight is 338 g/mol. The molecule has 0 bridgehead atoms. The van der Waals surface area contributed by atoms with Gasteiger partial charge in [-0.1, -0.05) is 12.1 Å². The Labute approximate surface area is 145 Å². The van der Waals surface area contributed by atoms with Gasteiger partial charge in [0, 0.05) is 5.39 Å². The Morgan fingerprint density at radius 2 is 2.08 bits per heavy atom. The van der Waals surface area contributed by atoms with Gasteiger partial charge >= 0.3 is 5.91 Å². The van der Waals surface area contributed by atoms with Crippen molar-refractivity contribution >= 4 is 23.1 Å². The molecule has 0 aliphatic heterocycles. The van der Waals surface area contributed by atoms with Gasteiger partial charge in [0.15, 0.2) is 5.76 Å². The molecular formula is C19H18N2O4. The molecule has 1 heterocycles. The maximum absolute atomic E-state index is 12.2. The predicted octanol–water partition coefficient (Wildman–Crippen LogP) is 3.60. The first kappa shape index (κ1) is 16.6. The lowest BCUT2D eigenvalue weighted by molar-refractivity contribution is 0.0929. The highest BCUT2D eigenvalue weighted by atomic mass is 16.5. The summed E-state index contributed by atoms with van der Waals surface area (Å²) in [5.41, 5.74) is 3.88. The number of furan rings is 1. The van der Waals surface area contributed by atoms with E-state index in [1.807, 2.05) is 37.3 Å². The minimum atomic E-state index is -0.423. The number of carbonyl (C=O) groups is 1. The Hall–Kier alpha value is -3.28. The quantitative estimate of drug-likeness (QED) is 0.550. The number of nitrogens with one attached hydrogen (secondary N) is 1. The first-order valence-corrected chi connectivity index (χ1v) is 7.83. The van der Waals surface area contributed by atoms with Crippen LogP contribution in [0.15, 0.2) is 58.0 Å². The lowest BCUT2D eigenvalue weighted by Gasteiger charge is -2.00. The fraction of sp³-hybridized carbons (Fsp3) is 0.158. The Balaban J connectivity index is 1.70. The summed E-state index contributed by atoms with van der Waals surface area (Å²) in [4.78, 5) is 12.2. The zero-order valence-corrected chi connectivity index (χ0v) is 14.0. The van der Waals surface area contributed by atoms with E-state index in [0.29, 0.717) is 12.2 Å². The molecule has 1 amide bonds. The molecule has 25 heavy (non-hydrogen) atoms. The Bertz CT molecular complexity index is 915. The molecule has 0 saturated carbocycles. The highest BCUT2D eigenvalue weighted by molar-refractivity contribution is 5.96. The van der Waals surface area contributed by atoms with E-state index in [4.69, 9.17) is 13.9 Å². The third-order valence-corrected chi connectivity index (χ3v) is 3.50. The number of methoxy groups -OCH3 is 1. The topological polar surface area (TPSA) is 73.1 Å². The summed E-state index contributed by atoms with van der Waals surface area (Å²) in [5, 5.41) is 4.74. The number of hydrogen-bond acceptors (Lipinski definition) is 5. The summed E-state index contributed by atoms with van der Waals surface area (Å²) in [6, 6.07) is 14.4. The SMILES string of the molecule is CCOc1ccc2oc(C(=O)N/N=C/c3cccc(OC)c3)cc2c1. The molecule has 0 aliphatic rings. The van der Waals surface area contributed by atoms with Crippen molar-refractivity contribution in [2.24, 2.45) is 5.10 Å². The van der Waals surface area contributed by atoms with E-state index in [2.05, 4.69) is 10.5 Å². The molecule has 1 aromatic heterocycles. The van der Waals surface area contributed by atoms with E-state index < -0.39 is 5.91 Å². The highest BCUT2D eigenvalue weighted by Crippen LogP contribution is 2.24. The summed E-state index contributed by atoms with van der Waals surface area (Å²) in [7, 11) is 1.59. The number of fused-ring (bicyclic) bond motifs is 1. The van der Waals surface area contributed by atoms with Crippen LogP contribution in [0, 0.1) is 0 Å². The molecule has 0 atom stereocenters. The molecule has 6 heteroatoms. The van der Waals surface area contributed by atoms with Crippen LogP contribution in [0.5, 0.6) is 11.5 Å². The van der Waals surface area contributed by atoms with Crippen LogP contribution in [0.25, 0.3) is 11.0 Å². The molecule has 0 unspecified atom stereocenters. The normalized spacial score (nSPS) is 11.0. The Morgan fingerprint density at radius 3 is 2.88 bits per heavy atom. The fourth-order valence-electron chi connectivity index (χ4n) is 2.33. The zero-order valence-electron chi connectivity index (χ0n) is 14.0. The van der Waals surface area contributed by atoms with Crippen LogP contribution < -0.4 is 14.9 Å². The summed E-state index contributed by atoms with van der Waals surface area (Å²) in [6.07, 6.45) is 1.54. The fourth-order valence-corrected chi connectivity index (χ4v) is 2.33. The second-order valence-electron chi connectivity index (χ2n) is 5.22. The van der Waals surface area contributed by atoms with Gasteiger partial charge in [0.1, 0.15) is 17.1 Å². The lowest BCUT2D eigenvalue weighted by Crippen LogP contribution is -2.16. The van der Waals surface area contributed by atoms with Gasteiger partial charge in [0.25, 0.3) is 0 Å². The van der Waals surface area contributed by atoms with E-state index in [0.717, 1.165) is 22.4 Å². The Morgan fingerprint density at radius 1 is 1.20 bits per heavy atom. The van der Waals surface area contributed by atoms with Crippen molar-refractivity contribution < 1.29 is 18.7 Å². The van der Waals surface area contributed by atoms with Crippen LogP contribution in [-0.2, 0) is 0 Å². The summed E-state index contributed by atoms with van der Waals surface area (Å²) < 4.78 is 16.1. The second kappa shape index (κ2) is 7.53. The summed E-state index contributed by atoms with van der Waals surface area (Å²) in [5.74, 6) is 1.22. The number of ether oxygens (including phenoxy) is 2. The van der Waals surface area contributed by atoms with Gasteiger partial charge in [-0.25, -0.2) is 5.43 Å². The Kier molecular flexibility index (Phi) is 4.99. The standard InChI is InChI=1S/C19H18N2O4/c1-3-24-16-7-8-17-14(10-16)11-18(25-17)19(22)21-20-12-13-5-4-6-15(9-13)23-2/h4-12H,3H2,1-2H3,(H,21,22)/b20-12+. The molecule has 0 spiro atoms. The number of hydrazone groups is 1. The van der Waals surface area contributed by atoms with Crippen LogP contribution in [-0.4, -0.2) is 25.8 Å². The average Bonchev–Trinajstić information content (AvgIpc) is 3.05. The van der Waals surface area contributed by atoms with Gasteiger partial charge in [-0.3, -0.25) is 4.79 Å². The molecule has 0 fully saturated rings. The minimum absolute atomic E-state index is 0.187. The van der Waals surface area contributed by atoms with E-state index in [9.17, 15) is 4.79 Å². The number of amides is 1. The van der Waals surface area contributed by atoms with Crippen molar-refractivity contribution in [1.29, 1.82) is 0 Å². The minimum Gasteiger partial charge on any atom is -0.497 e. The lowest BCUT2D eigenvalue weighted by atomic mass is 10.2. The van der Waals surface area contributed by atoms with Crippen molar-refractivity contribution in [1.82, 2.24) is 5.43 Å². The first-order chi connectivity index (χ1) is 12.2. The van der Waals surface area contributed by atoms with E-state index in [1.165, 1.54) is 6.21 Å². The van der Waals surface area contributed by atoms with Gasteiger partial charge < -0.3 is 13.9 Å². The van der Waals surface area contributed by atoms with Gasteiger partial charge in [-0.2, -0.15) is 5.10 Å². The second-order valence-corrected chi connectivity index (χ2v) is 5.22. The monoisotopic (exact) mass is 338 g/mol. The molecule has 3 aromatic rings. The number of rotatable bonds is 6. The van der Waals surface area contributed by atoms with Crippen LogP contribution in [0.4, 0.5) is 0 Å². The van der Waals surface area contributed by atoms with Crippen LogP contribution in [0.2, 0.25) is 0 Å². The van der Waals surface area contributed by atoms with Crippen molar-refractivity contribution in [3.05, 3.63) is 59.9 Å². The van der Waals surface area contributed by atoms with Gasteiger partial charge in [-0.15, -0.1) is 0 Å². The number of benzene rings is 2. The molecule has 0 saturated heterocycles. The molecule has 128 valence electrons. The van der Waals surface area contributed by atoms with Crippen LogP contribution in [0.1, 0.15) is 23.0 Å². The maximum Gasteiger partial charge on any atom is 0.307 e. The number of nitrogens with zero attached hydrogens (tertiary/aromatic N) is 1. The molecule has 6 nitrogen and oxygen atoms in total. The summed E-state index contributed by atoms with van der Waals surface area (Å²) in [6.45, 7) is 2.49. The third kappa shape index (κ3) is 3.98. The predicted molar refractivity (Wildman–Crippen MR) is 95.4 cm³/mol. The van der Waals surface area contributed by atoms with E-state index in [-0.39, 0.29) is 5.76 Å².